The summed E-state index contributed by atoms with van der Waals surface area (Å²) in [5.74, 6) is 0. The summed E-state index contributed by atoms with van der Waals surface area (Å²) in [6, 6.07) is 0. The van der Waals surface area contributed by atoms with Crippen molar-refractivity contribution < 1.29 is 39.3 Å². The first kappa shape index (κ1) is 5.35. The second-order valence-electron chi connectivity index (χ2n) is 0.0833. The SMILES string of the molecule is [3H][PH+]([O-])[O-].[Na+]. The van der Waals surface area contributed by atoms with E-state index in [1.165, 1.54) is 0 Å². The Morgan fingerprint density at radius 3 is 1.75 bits per heavy atom. The van der Waals surface area contributed by atoms with E-state index in [1.54, 1.807) is 0 Å². The molecule has 0 aromatic rings. The van der Waals surface area contributed by atoms with Crippen LogP contribution in [-0.2, 0) is 0 Å². The van der Waals surface area contributed by atoms with Gasteiger partial charge < -0.3 is 9.79 Å². The number of hydrogen-bond donors (Lipinski definition) is 0. The quantitative estimate of drug-likeness (QED) is 0.221. The van der Waals surface area contributed by atoms with Crippen LogP contribution < -0.4 is 39.3 Å². The second kappa shape index (κ2) is 8.84. The molecule has 0 rings (SSSR count). The molecule has 0 heterocycles. The van der Waals surface area contributed by atoms with Gasteiger partial charge in [-0.3, -0.25) is 0 Å². The Hall–Kier alpha value is 1.35. The van der Waals surface area contributed by atoms with E-state index in [9.17, 15) is 0 Å². The Kier molecular flexibility index (Phi) is 11.8. The maximum atomic E-state index is 8.74. The van der Waals surface area contributed by atoms with Crippen molar-refractivity contribution in [1.29, 1.82) is 1.28 Å². The fourth-order valence-electron chi connectivity index (χ4n) is 0. The summed E-state index contributed by atoms with van der Waals surface area (Å²) in [5, 5.41) is 0. The standard InChI is InChI=1S/Na.H2O2P/c;1-3-2/h;3H2/q+1;-1/i;3T. The predicted molar refractivity (Wildman–Crippen MR) is 9.71 cm³/mol. The first-order chi connectivity index (χ1) is 1.73. The zero-order chi connectivity index (χ0) is 3.58. The van der Waals surface area contributed by atoms with Gasteiger partial charge >= 0.3 is 29.6 Å². The minimum absolute atomic E-state index is 0. The van der Waals surface area contributed by atoms with Crippen LogP contribution in [0, 0.1) is 0 Å². The van der Waals surface area contributed by atoms with Gasteiger partial charge in [0.25, 0.3) is 1.28 Å². The Bertz CT molecular complexity index is 14.4. The third kappa shape index (κ3) is 10.2. The Labute approximate surface area is 49.7 Å². The van der Waals surface area contributed by atoms with E-state index in [2.05, 4.69) is 0 Å². The molecule has 2 nitrogen and oxygen atoms in total. The summed E-state index contributed by atoms with van der Waals surface area (Å²) in [5.41, 5.74) is 0. The molecule has 0 spiro atoms. The molecule has 4 heteroatoms. The smallest absolute Gasteiger partial charge is 0.687 e. The largest absolute Gasteiger partial charge is 1.00 e. The second-order valence-corrected chi connectivity index (χ2v) is 0.250. The van der Waals surface area contributed by atoms with E-state index in [1.807, 2.05) is 0 Å². The van der Waals surface area contributed by atoms with Crippen LogP contribution >= 0.6 is 8.98 Å². The van der Waals surface area contributed by atoms with Gasteiger partial charge in [-0.15, -0.1) is 8.98 Å². The molecular weight excluding hydrogens is 86.0 g/mol. The van der Waals surface area contributed by atoms with Gasteiger partial charge in [0.2, 0.25) is 0 Å². The molecule has 0 atom stereocenters. The molecule has 0 aromatic carbocycles. The molecule has 0 bridgehead atoms. The molecular formula is H2NaO2P. The van der Waals surface area contributed by atoms with Gasteiger partial charge in [0.1, 0.15) is 0 Å². The van der Waals surface area contributed by atoms with Gasteiger partial charge in [-0.05, 0) is 0 Å². The summed E-state index contributed by atoms with van der Waals surface area (Å²) in [7, 11) is -3.13. The average molecular weight is 90.0 g/mol. The Balaban J connectivity index is 0. The minimum Gasteiger partial charge on any atom is -0.687 e. The maximum absolute atomic E-state index is 8.74. The molecule has 0 saturated carbocycles. The molecule has 0 unspecified atom stereocenters. The first-order valence-electron chi connectivity index (χ1n) is 0.908. The predicted octanol–water partition coefficient (Wildman–Crippen LogP) is -5.05. The van der Waals surface area contributed by atoms with Crippen molar-refractivity contribution in [3.63, 3.8) is 0 Å². The van der Waals surface area contributed by atoms with Crippen LogP contribution in [0.15, 0.2) is 0 Å². The number of hydrogen-bond acceptors (Lipinski definition) is 2. The fraction of sp³-hybridized carbons (Fsp3) is 0. The van der Waals surface area contributed by atoms with Crippen molar-refractivity contribution in [2.75, 3.05) is 0 Å². The van der Waals surface area contributed by atoms with Crippen LogP contribution in [0.5, 0.6) is 0 Å². The Morgan fingerprint density at radius 2 is 1.75 bits per heavy atom. The van der Waals surface area contributed by atoms with E-state index < -0.39 is 8.98 Å². The molecule has 0 N–H and O–H groups in total. The van der Waals surface area contributed by atoms with Crippen molar-refractivity contribution in [1.82, 2.24) is 0 Å². The van der Waals surface area contributed by atoms with E-state index in [0.29, 0.717) is 0 Å². The van der Waals surface area contributed by atoms with Crippen LogP contribution in [0.25, 0.3) is 0 Å². The van der Waals surface area contributed by atoms with Gasteiger partial charge in [0.05, 0.1) is 0 Å². The van der Waals surface area contributed by atoms with Crippen LogP contribution in [0.4, 0.5) is 0 Å². The topological polar surface area (TPSA) is 46.1 Å². The minimum atomic E-state index is -3.13. The Morgan fingerprint density at radius 1 is 1.75 bits per heavy atom. The van der Waals surface area contributed by atoms with Gasteiger partial charge in [-0.2, -0.15) is 0 Å². The molecule has 0 amide bonds. The zero-order valence-electron chi connectivity index (χ0n) is 3.32. The van der Waals surface area contributed by atoms with Gasteiger partial charge in [-0.1, -0.05) is 0 Å². The molecule has 0 aliphatic carbocycles. The van der Waals surface area contributed by atoms with Crippen molar-refractivity contribution in [2.45, 2.75) is 0 Å². The molecule has 0 aliphatic heterocycles. The van der Waals surface area contributed by atoms with E-state index in [4.69, 9.17) is 11.1 Å². The van der Waals surface area contributed by atoms with Crippen molar-refractivity contribution in [2.24, 2.45) is 0 Å². The van der Waals surface area contributed by atoms with E-state index >= 15 is 0 Å². The summed E-state index contributed by atoms with van der Waals surface area (Å²) >= 11 is 0. The normalized spacial score (nSPS) is 9.25. The molecule has 0 aliphatic rings. The summed E-state index contributed by atoms with van der Waals surface area (Å²) in [6.07, 6.45) is 0. The molecule has 0 fully saturated rings. The molecule has 0 radical (unpaired) electrons. The molecule has 4 heavy (non-hydrogen) atoms. The van der Waals surface area contributed by atoms with Gasteiger partial charge in [-0.25, -0.2) is 0 Å². The van der Waals surface area contributed by atoms with E-state index in [0.717, 1.165) is 0 Å². The van der Waals surface area contributed by atoms with Crippen LogP contribution in [0.3, 0.4) is 0 Å². The zero-order valence-corrected chi connectivity index (χ0v) is 5.32. The van der Waals surface area contributed by atoms with Crippen LogP contribution in [-0.4, -0.2) is 1.28 Å². The van der Waals surface area contributed by atoms with E-state index in [-0.39, 0.29) is 29.6 Å². The summed E-state index contributed by atoms with van der Waals surface area (Å²) < 4.78 is 5.57. The van der Waals surface area contributed by atoms with Gasteiger partial charge in [0, 0.05) is 0 Å². The van der Waals surface area contributed by atoms with Crippen molar-refractivity contribution in [3.05, 3.63) is 0 Å². The first-order valence-corrected chi connectivity index (χ1v) is 1.22. The van der Waals surface area contributed by atoms with Gasteiger partial charge in [0.15, 0.2) is 0 Å². The van der Waals surface area contributed by atoms with Crippen LogP contribution in [0.1, 0.15) is 0 Å². The third-order valence-corrected chi connectivity index (χ3v) is 0. The van der Waals surface area contributed by atoms with Crippen molar-refractivity contribution in [3.8, 4) is 0 Å². The maximum Gasteiger partial charge on any atom is 1.00 e. The summed E-state index contributed by atoms with van der Waals surface area (Å²) in [6.45, 7) is 0. The summed E-state index contributed by atoms with van der Waals surface area (Å²) in [4.78, 5) is 17.5. The third-order valence-electron chi connectivity index (χ3n) is 0. The fourth-order valence-corrected chi connectivity index (χ4v) is 0. The molecule has 0 aromatic heterocycles. The monoisotopic (exact) mass is 90.0 g/mol. The molecule has 0 saturated heterocycles. The van der Waals surface area contributed by atoms with Crippen molar-refractivity contribution >= 4 is 8.98 Å². The number of rotatable bonds is 0. The van der Waals surface area contributed by atoms with Crippen LogP contribution in [0.2, 0.25) is 0 Å². The average Bonchev–Trinajstić information content (AvgIpc) is 0.811. The molecule has 20 valence electrons.